The quantitative estimate of drug-likeness (QED) is 0.721. The maximum Gasteiger partial charge on any atom is 0.335 e. The first-order chi connectivity index (χ1) is 13.1. The second-order valence-corrected chi connectivity index (χ2v) is 6.34. The average molecular weight is 372 g/mol. The van der Waals surface area contributed by atoms with Crippen molar-refractivity contribution in [1.29, 1.82) is 0 Å². The zero-order valence-corrected chi connectivity index (χ0v) is 15.4. The van der Waals surface area contributed by atoms with Gasteiger partial charge < -0.3 is 9.84 Å². The maximum atomic E-state index is 12.2. The molecule has 0 atom stereocenters. The van der Waals surface area contributed by atoms with E-state index in [4.69, 9.17) is 4.74 Å². The molecule has 0 saturated carbocycles. The van der Waals surface area contributed by atoms with Gasteiger partial charge in [-0.05, 0) is 24.1 Å². The van der Waals surface area contributed by atoms with E-state index in [-0.39, 0.29) is 5.56 Å². The zero-order chi connectivity index (χ0) is 19.2. The number of aromatic nitrogens is 2. The Bertz CT molecular complexity index is 909. The highest BCUT2D eigenvalue weighted by atomic mass is 16.5. The number of hydrogen-bond donors (Lipinski definition) is 2. The summed E-state index contributed by atoms with van der Waals surface area (Å²) in [7, 11) is 0. The molecule has 2 N–H and O–H groups in total. The Morgan fingerprint density at radius 2 is 1.93 bits per heavy atom. The third-order valence-corrected chi connectivity index (χ3v) is 4.59. The topological polar surface area (TPSA) is 99.9 Å². The molecule has 8 nitrogen and oxygen atoms in total. The van der Waals surface area contributed by atoms with E-state index in [1.165, 1.54) is 6.21 Å². The highest BCUT2D eigenvalue weighted by molar-refractivity contribution is 5.82. The van der Waals surface area contributed by atoms with Gasteiger partial charge in [-0.15, -0.1) is 0 Å². The third kappa shape index (κ3) is 4.53. The number of H-pyrrole nitrogens is 1. The number of nitrogens with one attached hydrogen (secondary N) is 1. The molecular formula is C19H24N4O4. The van der Waals surface area contributed by atoms with E-state index in [9.17, 15) is 14.7 Å². The molecule has 1 aromatic carbocycles. The lowest BCUT2D eigenvalue weighted by molar-refractivity contribution is 0.0395. The van der Waals surface area contributed by atoms with Crippen molar-refractivity contribution in [3.05, 3.63) is 56.2 Å². The van der Waals surface area contributed by atoms with Crippen molar-refractivity contribution in [3.63, 3.8) is 0 Å². The van der Waals surface area contributed by atoms with E-state index in [1.54, 1.807) is 12.1 Å². The Balaban J connectivity index is 1.81. The molecule has 1 aromatic heterocycles. The van der Waals surface area contributed by atoms with Crippen LogP contribution in [0.25, 0.3) is 5.69 Å². The molecular weight excluding hydrogens is 348 g/mol. The van der Waals surface area contributed by atoms with Crippen LogP contribution in [0.3, 0.4) is 0 Å². The van der Waals surface area contributed by atoms with Gasteiger partial charge in [-0.3, -0.25) is 19.7 Å². The average Bonchev–Trinajstić information content (AvgIpc) is 2.68. The van der Waals surface area contributed by atoms with Crippen molar-refractivity contribution in [1.82, 2.24) is 14.5 Å². The number of aromatic amines is 1. The van der Waals surface area contributed by atoms with Crippen molar-refractivity contribution in [2.24, 2.45) is 4.99 Å². The largest absolute Gasteiger partial charge is 0.493 e. The number of hydrogen-bond acceptors (Lipinski definition) is 6. The fourth-order valence-corrected chi connectivity index (χ4v) is 2.95. The number of aromatic hydroxyl groups is 1. The van der Waals surface area contributed by atoms with Crippen LogP contribution in [0.4, 0.5) is 0 Å². The Kier molecular flexibility index (Phi) is 6.20. The molecule has 1 fully saturated rings. The first-order valence-electron chi connectivity index (χ1n) is 9.07. The predicted octanol–water partition coefficient (Wildman–Crippen LogP) is 0.545. The first kappa shape index (κ1) is 19.1. The number of benzene rings is 1. The van der Waals surface area contributed by atoms with Crippen LogP contribution < -0.4 is 11.2 Å². The Morgan fingerprint density at radius 1 is 1.22 bits per heavy atom. The van der Waals surface area contributed by atoms with Crippen LogP contribution in [-0.2, 0) is 11.2 Å². The molecule has 0 spiro atoms. The van der Waals surface area contributed by atoms with Gasteiger partial charge in [0.1, 0.15) is 5.56 Å². The number of aliphatic imine (C=N–C) groups is 1. The molecule has 0 radical (unpaired) electrons. The van der Waals surface area contributed by atoms with Crippen molar-refractivity contribution in [3.8, 4) is 11.6 Å². The van der Waals surface area contributed by atoms with Gasteiger partial charge in [0.25, 0.3) is 5.56 Å². The zero-order valence-electron chi connectivity index (χ0n) is 15.4. The summed E-state index contributed by atoms with van der Waals surface area (Å²) in [4.78, 5) is 33.0. The predicted molar refractivity (Wildman–Crippen MR) is 103 cm³/mol. The summed E-state index contributed by atoms with van der Waals surface area (Å²) in [6.07, 6.45) is 2.19. The van der Waals surface area contributed by atoms with Gasteiger partial charge in [0.05, 0.1) is 25.4 Å². The summed E-state index contributed by atoms with van der Waals surface area (Å²) in [5, 5.41) is 10.5. The second-order valence-electron chi connectivity index (χ2n) is 6.34. The van der Waals surface area contributed by atoms with Gasteiger partial charge in [0.2, 0.25) is 5.88 Å². The normalized spacial score (nSPS) is 15.4. The van der Waals surface area contributed by atoms with Crippen LogP contribution in [0, 0.1) is 0 Å². The van der Waals surface area contributed by atoms with Crippen molar-refractivity contribution in [2.75, 3.05) is 39.4 Å². The minimum absolute atomic E-state index is 0.0313. The smallest absolute Gasteiger partial charge is 0.335 e. The Morgan fingerprint density at radius 3 is 2.59 bits per heavy atom. The van der Waals surface area contributed by atoms with Gasteiger partial charge in [-0.2, -0.15) is 0 Å². The lowest BCUT2D eigenvalue weighted by Gasteiger charge is -2.25. The minimum Gasteiger partial charge on any atom is -0.493 e. The number of morpholine rings is 1. The Hall–Kier alpha value is -2.71. The summed E-state index contributed by atoms with van der Waals surface area (Å²) in [5.41, 5.74) is 0.215. The lowest BCUT2D eigenvalue weighted by Crippen LogP contribution is -2.37. The molecule has 0 aliphatic carbocycles. The van der Waals surface area contributed by atoms with Gasteiger partial charge in [-0.1, -0.05) is 19.1 Å². The molecule has 0 bridgehead atoms. The van der Waals surface area contributed by atoms with Crippen LogP contribution in [0.1, 0.15) is 18.1 Å². The standard InChI is InChI=1S/C19H24N4O4/c1-2-14-3-5-15(6-4-14)23-18(25)16(17(24)21-19(23)26)13-20-7-8-22-9-11-27-12-10-22/h3-6,13,25H,2,7-12H2,1H3,(H,21,24,26). The van der Waals surface area contributed by atoms with Crippen molar-refractivity contribution < 1.29 is 9.84 Å². The Labute approximate surface area is 156 Å². The number of nitrogens with zero attached hydrogens (tertiary/aromatic N) is 3. The fraction of sp³-hybridized carbons (Fsp3) is 0.421. The summed E-state index contributed by atoms with van der Waals surface area (Å²) in [6.45, 7) is 6.42. The summed E-state index contributed by atoms with van der Waals surface area (Å²) in [6, 6.07) is 7.22. The van der Waals surface area contributed by atoms with E-state index in [2.05, 4.69) is 14.9 Å². The molecule has 2 aromatic rings. The monoisotopic (exact) mass is 372 g/mol. The van der Waals surface area contributed by atoms with Crippen LogP contribution in [0.15, 0.2) is 38.8 Å². The molecule has 1 aliphatic heterocycles. The first-order valence-corrected chi connectivity index (χ1v) is 9.07. The molecule has 27 heavy (non-hydrogen) atoms. The molecule has 8 heteroatoms. The lowest BCUT2D eigenvalue weighted by atomic mass is 10.1. The maximum absolute atomic E-state index is 12.2. The van der Waals surface area contributed by atoms with Crippen LogP contribution in [0.5, 0.6) is 5.88 Å². The van der Waals surface area contributed by atoms with E-state index in [1.807, 2.05) is 19.1 Å². The van der Waals surface area contributed by atoms with Crippen molar-refractivity contribution >= 4 is 6.21 Å². The molecule has 1 aliphatic rings. The number of ether oxygens (including phenoxy) is 1. The summed E-state index contributed by atoms with van der Waals surface area (Å²) < 4.78 is 6.37. The van der Waals surface area contributed by atoms with Crippen LogP contribution >= 0.6 is 0 Å². The van der Waals surface area contributed by atoms with E-state index < -0.39 is 17.1 Å². The van der Waals surface area contributed by atoms with Crippen molar-refractivity contribution in [2.45, 2.75) is 13.3 Å². The highest BCUT2D eigenvalue weighted by Crippen LogP contribution is 2.16. The van der Waals surface area contributed by atoms with Crippen LogP contribution in [-0.4, -0.2) is 65.2 Å². The SMILES string of the molecule is CCc1ccc(-n2c(O)c(C=NCCN3CCOCC3)c(=O)[nH]c2=O)cc1. The number of rotatable bonds is 6. The third-order valence-electron chi connectivity index (χ3n) is 4.59. The minimum atomic E-state index is -0.688. The van der Waals surface area contributed by atoms with E-state index >= 15 is 0 Å². The molecule has 144 valence electrons. The van der Waals surface area contributed by atoms with Gasteiger partial charge in [-0.25, -0.2) is 9.36 Å². The van der Waals surface area contributed by atoms with Gasteiger partial charge >= 0.3 is 5.69 Å². The molecule has 0 amide bonds. The molecule has 3 rings (SSSR count). The van der Waals surface area contributed by atoms with Gasteiger partial charge in [0.15, 0.2) is 0 Å². The summed E-state index contributed by atoms with van der Waals surface area (Å²) in [5.74, 6) is -0.414. The highest BCUT2D eigenvalue weighted by Gasteiger charge is 2.14. The second kappa shape index (κ2) is 8.79. The van der Waals surface area contributed by atoms with Crippen LogP contribution in [0.2, 0.25) is 0 Å². The number of aryl methyl sites for hydroxylation is 1. The van der Waals surface area contributed by atoms with E-state index in [0.29, 0.717) is 25.4 Å². The summed E-state index contributed by atoms with van der Waals surface area (Å²) >= 11 is 0. The molecule has 0 unspecified atom stereocenters. The fourth-order valence-electron chi connectivity index (χ4n) is 2.95. The molecule has 2 heterocycles. The molecule has 1 saturated heterocycles. The van der Waals surface area contributed by atoms with Gasteiger partial charge in [0, 0.05) is 25.8 Å². The van der Waals surface area contributed by atoms with E-state index in [0.717, 1.165) is 36.2 Å².